The Hall–Kier alpha value is -1.13. The monoisotopic (exact) mass is 269 g/mol. The summed E-state index contributed by atoms with van der Waals surface area (Å²) in [6, 6.07) is 4.98. The highest BCUT2D eigenvalue weighted by Gasteiger charge is 2.16. The summed E-state index contributed by atoms with van der Waals surface area (Å²) in [5.74, 6) is 0.307. The first-order chi connectivity index (χ1) is 8.89. The normalized spacial score (nSPS) is 13.4. The molecule has 0 aliphatic rings. The smallest absolute Gasteiger partial charge is 0.131 e. The first kappa shape index (κ1) is 15.9. The lowest BCUT2D eigenvalue weighted by Gasteiger charge is -2.22. The van der Waals surface area contributed by atoms with E-state index in [-0.39, 0.29) is 17.5 Å². The Bertz CT molecular complexity index is 407. The zero-order valence-electron chi connectivity index (χ0n) is 12.4. The minimum atomic E-state index is -0.245. The molecule has 1 atom stereocenters. The van der Waals surface area contributed by atoms with Crippen LogP contribution in [-0.4, -0.2) is 26.4 Å². The molecule has 3 nitrogen and oxygen atoms in total. The van der Waals surface area contributed by atoms with Crippen molar-refractivity contribution in [1.29, 1.82) is 0 Å². The van der Waals surface area contributed by atoms with Gasteiger partial charge in [-0.2, -0.15) is 0 Å². The molecule has 1 aromatic carbocycles. The third-order valence-corrected chi connectivity index (χ3v) is 3.40. The quantitative estimate of drug-likeness (QED) is 0.824. The molecule has 1 N–H and O–H groups in total. The topological polar surface area (TPSA) is 30.5 Å². The summed E-state index contributed by atoms with van der Waals surface area (Å²) in [6.45, 7) is 6.41. The van der Waals surface area contributed by atoms with Gasteiger partial charge in [-0.25, -0.2) is 4.39 Å². The zero-order valence-corrected chi connectivity index (χ0v) is 12.4. The summed E-state index contributed by atoms with van der Waals surface area (Å²) in [5, 5.41) is 3.01. The van der Waals surface area contributed by atoms with Gasteiger partial charge in [0.25, 0.3) is 0 Å². The number of rotatable bonds is 7. The third-order valence-electron chi connectivity index (χ3n) is 3.40. The van der Waals surface area contributed by atoms with E-state index in [1.54, 1.807) is 26.3 Å². The second kappa shape index (κ2) is 6.87. The van der Waals surface area contributed by atoms with Gasteiger partial charge in [0.2, 0.25) is 0 Å². The van der Waals surface area contributed by atoms with Crippen LogP contribution in [0.15, 0.2) is 18.2 Å². The van der Waals surface area contributed by atoms with Gasteiger partial charge in [-0.05, 0) is 33.9 Å². The maximum absolute atomic E-state index is 13.9. The molecule has 1 rings (SSSR count). The first-order valence-electron chi connectivity index (χ1n) is 6.54. The molecular formula is C15H24FNO2. The number of methoxy groups -OCH3 is 1. The summed E-state index contributed by atoms with van der Waals surface area (Å²) >= 11 is 0. The van der Waals surface area contributed by atoms with Gasteiger partial charge in [0.15, 0.2) is 0 Å². The molecule has 0 bridgehead atoms. The molecule has 19 heavy (non-hydrogen) atoms. The average molecular weight is 269 g/mol. The van der Waals surface area contributed by atoms with Crippen LogP contribution in [-0.2, 0) is 4.74 Å². The van der Waals surface area contributed by atoms with Crippen molar-refractivity contribution in [3.63, 3.8) is 0 Å². The van der Waals surface area contributed by atoms with Gasteiger partial charge in [-0.1, -0.05) is 6.07 Å². The molecule has 0 heterocycles. The predicted molar refractivity (Wildman–Crippen MR) is 75.1 cm³/mol. The van der Waals surface area contributed by atoms with E-state index in [2.05, 4.69) is 5.32 Å². The lowest BCUT2D eigenvalue weighted by Crippen LogP contribution is -2.25. The van der Waals surface area contributed by atoms with E-state index in [0.29, 0.717) is 17.9 Å². The highest BCUT2D eigenvalue weighted by Crippen LogP contribution is 2.22. The fraction of sp³-hybridized carbons (Fsp3) is 0.600. The second-order valence-electron chi connectivity index (χ2n) is 5.26. The first-order valence-corrected chi connectivity index (χ1v) is 6.54. The molecular weight excluding hydrogens is 245 g/mol. The molecule has 0 aliphatic carbocycles. The molecule has 0 saturated carbocycles. The minimum Gasteiger partial charge on any atom is -0.493 e. The summed E-state index contributed by atoms with van der Waals surface area (Å²) < 4.78 is 24.7. The van der Waals surface area contributed by atoms with Crippen LogP contribution < -0.4 is 10.1 Å². The van der Waals surface area contributed by atoms with Crippen molar-refractivity contribution in [2.75, 3.05) is 20.8 Å². The lowest BCUT2D eigenvalue weighted by molar-refractivity contribution is 0.00544. The van der Waals surface area contributed by atoms with Crippen molar-refractivity contribution in [2.24, 2.45) is 0 Å². The van der Waals surface area contributed by atoms with Crippen LogP contribution in [0.25, 0.3) is 0 Å². The van der Waals surface area contributed by atoms with Crippen LogP contribution in [0.3, 0.4) is 0 Å². The van der Waals surface area contributed by atoms with Crippen molar-refractivity contribution in [2.45, 2.75) is 38.8 Å². The Morgan fingerprint density at radius 2 is 2.05 bits per heavy atom. The van der Waals surface area contributed by atoms with Crippen LogP contribution >= 0.6 is 0 Å². The SMILES string of the molecule is CNC(C)c1ccc(OCCC(C)(C)OC)cc1F. The number of nitrogens with one attached hydrogen (secondary N) is 1. The number of halogens is 1. The molecule has 4 heteroatoms. The molecule has 0 radical (unpaired) electrons. The molecule has 108 valence electrons. The van der Waals surface area contributed by atoms with Gasteiger partial charge >= 0.3 is 0 Å². The summed E-state index contributed by atoms with van der Waals surface area (Å²) in [6.07, 6.45) is 0.750. The van der Waals surface area contributed by atoms with E-state index in [1.165, 1.54) is 6.07 Å². The molecule has 0 spiro atoms. The Labute approximate surface area is 115 Å². The number of ether oxygens (including phenoxy) is 2. The minimum absolute atomic E-state index is 0.0125. The molecule has 0 fully saturated rings. The van der Waals surface area contributed by atoms with Crippen LogP contribution in [0, 0.1) is 5.82 Å². The summed E-state index contributed by atoms with van der Waals surface area (Å²) in [7, 11) is 3.48. The van der Waals surface area contributed by atoms with Crippen LogP contribution in [0.4, 0.5) is 4.39 Å². The lowest BCUT2D eigenvalue weighted by atomic mass is 10.1. The van der Waals surface area contributed by atoms with E-state index in [1.807, 2.05) is 20.8 Å². The highest BCUT2D eigenvalue weighted by atomic mass is 19.1. The van der Waals surface area contributed by atoms with Gasteiger partial charge in [-0.15, -0.1) is 0 Å². The largest absolute Gasteiger partial charge is 0.493 e. The van der Waals surface area contributed by atoms with Gasteiger partial charge in [0.05, 0.1) is 12.2 Å². The Morgan fingerprint density at radius 3 is 2.58 bits per heavy atom. The highest BCUT2D eigenvalue weighted by molar-refractivity contribution is 5.30. The van der Waals surface area contributed by atoms with Crippen molar-refractivity contribution < 1.29 is 13.9 Å². The average Bonchev–Trinajstić information content (AvgIpc) is 2.38. The number of hydrogen-bond donors (Lipinski definition) is 1. The second-order valence-corrected chi connectivity index (χ2v) is 5.26. The number of benzene rings is 1. The predicted octanol–water partition coefficient (Wildman–Crippen LogP) is 3.30. The molecule has 0 aromatic heterocycles. The standard InChI is InChI=1S/C15H24FNO2/c1-11(17-4)13-7-6-12(10-14(13)16)19-9-8-15(2,3)18-5/h6-7,10-11,17H,8-9H2,1-5H3. The Morgan fingerprint density at radius 1 is 1.37 bits per heavy atom. The fourth-order valence-corrected chi connectivity index (χ4v) is 1.62. The van der Waals surface area contributed by atoms with Crippen LogP contribution in [0.2, 0.25) is 0 Å². The van der Waals surface area contributed by atoms with E-state index < -0.39 is 0 Å². The van der Waals surface area contributed by atoms with Crippen molar-refractivity contribution in [3.05, 3.63) is 29.6 Å². The molecule has 0 saturated heterocycles. The number of hydrogen-bond acceptors (Lipinski definition) is 3. The van der Waals surface area contributed by atoms with Gasteiger partial charge in [0.1, 0.15) is 11.6 Å². The van der Waals surface area contributed by atoms with Gasteiger partial charge in [-0.3, -0.25) is 0 Å². The van der Waals surface area contributed by atoms with E-state index in [0.717, 1.165) is 6.42 Å². The maximum Gasteiger partial charge on any atom is 0.131 e. The molecule has 1 unspecified atom stereocenters. The molecule has 0 aliphatic heterocycles. The van der Waals surface area contributed by atoms with Gasteiger partial charge < -0.3 is 14.8 Å². The maximum atomic E-state index is 13.9. The molecule has 0 amide bonds. The fourth-order valence-electron chi connectivity index (χ4n) is 1.62. The van der Waals surface area contributed by atoms with Crippen molar-refractivity contribution >= 4 is 0 Å². The van der Waals surface area contributed by atoms with E-state index >= 15 is 0 Å². The Kier molecular flexibility index (Phi) is 5.76. The summed E-state index contributed by atoms with van der Waals surface area (Å²) in [4.78, 5) is 0. The van der Waals surface area contributed by atoms with Crippen LogP contribution in [0.1, 0.15) is 38.8 Å². The third kappa shape index (κ3) is 4.80. The zero-order chi connectivity index (χ0) is 14.5. The van der Waals surface area contributed by atoms with Gasteiger partial charge in [0, 0.05) is 31.2 Å². The van der Waals surface area contributed by atoms with E-state index in [4.69, 9.17) is 9.47 Å². The van der Waals surface area contributed by atoms with Crippen LogP contribution in [0.5, 0.6) is 5.75 Å². The molecule has 1 aromatic rings. The van der Waals surface area contributed by atoms with Crippen molar-refractivity contribution in [1.82, 2.24) is 5.32 Å². The van der Waals surface area contributed by atoms with Crippen molar-refractivity contribution in [3.8, 4) is 5.75 Å². The summed E-state index contributed by atoms with van der Waals surface area (Å²) in [5.41, 5.74) is 0.422. The van der Waals surface area contributed by atoms with E-state index in [9.17, 15) is 4.39 Å². The Balaban J connectivity index is 2.59.